The number of hydrogen-bond donors (Lipinski definition) is 1. The van der Waals surface area contributed by atoms with E-state index in [-0.39, 0.29) is 6.10 Å². The number of aromatic nitrogens is 2. The van der Waals surface area contributed by atoms with E-state index in [0.29, 0.717) is 5.82 Å². The summed E-state index contributed by atoms with van der Waals surface area (Å²) in [6.45, 7) is 4.82. The highest BCUT2D eigenvalue weighted by atomic mass is 16.5. The van der Waals surface area contributed by atoms with Gasteiger partial charge in [-0.3, -0.25) is 0 Å². The number of nitrogens with zero attached hydrogens (tertiary/aromatic N) is 2. The molecule has 0 saturated carbocycles. The van der Waals surface area contributed by atoms with E-state index in [0.717, 1.165) is 23.6 Å². The Morgan fingerprint density at radius 3 is 2.58 bits per heavy atom. The van der Waals surface area contributed by atoms with Crippen LogP contribution in [0.25, 0.3) is 11.3 Å². The Hall–Kier alpha value is -1.94. The summed E-state index contributed by atoms with van der Waals surface area (Å²) in [4.78, 5) is 9.05. The van der Waals surface area contributed by atoms with Crippen LogP contribution in [0.4, 0.5) is 5.82 Å². The van der Waals surface area contributed by atoms with Crippen LogP contribution >= 0.6 is 0 Å². The van der Waals surface area contributed by atoms with Crippen LogP contribution in [0.5, 0.6) is 0 Å². The third-order valence-electron chi connectivity index (χ3n) is 2.89. The summed E-state index contributed by atoms with van der Waals surface area (Å²) < 4.78 is 5.31. The summed E-state index contributed by atoms with van der Waals surface area (Å²) >= 11 is 0. The van der Waals surface area contributed by atoms with Crippen LogP contribution in [0.2, 0.25) is 0 Å². The molecule has 0 aliphatic carbocycles. The molecular weight excluding hydrogens is 238 g/mol. The maximum atomic E-state index is 5.31. The first kappa shape index (κ1) is 13.5. The maximum Gasteiger partial charge on any atom is 0.159 e. The van der Waals surface area contributed by atoms with Crippen LogP contribution in [-0.4, -0.2) is 23.6 Å². The molecule has 0 radical (unpaired) electrons. The van der Waals surface area contributed by atoms with Crippen molar-refractivity contribution in [1.82, 2.24) is 9.97 Å². The van der Waals surface area contributed by atoms with Crippen LogP contribution in [0.15, 0.2) is 36.4 Å². The fourth-order valence-corrected chi connectivity index (χ4v) is 1.78. The molecule has 2 aromatic rings. The molecule has 1 N–H and O–H groups in total. The summed E-state index contributed by atoms with van der Waals surface area (Å²) in [5.74, 6) is 1.52. The quantitative estimate of drug-likeness (QED) is 0.893. The average molecular weight is 257 g/mol. The van der Waals surface area contributed by atoms with Crippen LogP contribution < -0.4 is 5.32 Å². The van der Waals surface area contributed by atoms with Gasteiger partial charge >= 0.3 is 0 Å². The Kier molecular flexibility index (Phi) is 4.47. The molecular formula is C15H19N3O. The van der Waals surface area contributed by atoms with Gasteiger partial charge in [0.25, 0.3) is 0 Å². The molecule has 0 saturated heterocycles. The lowest BCUT2D eigenvalue weighted by atomic mass is 10.1. The Bertz CT molecular complexity index is 528. The summed E-state index contributed by atoms with van der Waals surface area (Å²) in [6, 6.07) is 12.0. The predicted octanol–water partition coefficient (Wildman–Crippen LogP) is 3.28. The van der Waals surface area contributed by atoms with Crippen molar-refractivity contribution < 1.29 is 4.74 Å². The molecule has 0 aliphatic heterocycles. The highest BCUT2D eigenvalue weighted by Crippen LogP contribution is 2.22. The van der Waals surface area contributed by atoms with E-state index >= 15 is 0 Å². The molecule has 1 unspecified atom stereocenters. The fraction of sp³-hybridized carbons (Fsp3) is 0.333. The number of ether oxygens (including phenoxy) is 1. The van der Waals surface area contributed by atoms with Crippen molar-refractivity contribution in [3.63, 3.8) is 0 Å². The van der Waals surface area contributed by atoms with Crippen molar-refractivity contribution in [2.45, 2.75) is 20.0 Å². The minimum absolute atomic E-state index is 0.124. The van der Waals surface area contributed by atoms with Crippen molar-refractivity contribution >= 4 is 5.82 Å². The molecule has 1 atom stereocenters. The summed E-state index contributed by atoms with van der Waals surface area (Å²) in [5.41, 5.74) is 1.99. The zero-order valence-corrected chi connectivity index (χ0v) is 11.6. The average Bonchev–Trinajstić information content (AvgIpc) is 2.47. The Morgan fingerprint density at radius 2 is 1.95 bits per heavy atom. The van der Waals surface area contributed by atoms with E-state index in [9.17, 15) is 0 Å². The lowest BCUT2D eigenvalue weighted by Gasteiger charge is -2.12. The monoisotopic (exact) mass is 257 g/mol. The van der Waals surface area contributed by atoms with Crippen LogP contribution in [-0.2, 0) is 4.74 Å². The van der Waals surface area contributed by atoms with E-state index in [1.54, 1.807) is 7.11 Å². The van der Waals surface area contributed by atoms with Crippen LogP contribution in [0, 0.1) is 0 Å². The molecule has 2 rings (SSSR count). The second kappa shape index (κ2) is 6.29. The van der Waals surface area contributed by atoms with Gasteiger partial charge in [-0.2, -0.15) is 0 Å². The number of methoxy groups -OCH3 is 1. The first-order chi connectivity index (χ1) is 9.24. The normalized spacial score (nSPS) is 12.2. The highest BCUT2D eigenvalue weighted by molar-refractivity contribution is 5.62. The van der Waals surface area contributed by atoms with Gasteiger partial charge in [0.1, 0.15) is 11.9 Å². The van der Waals surface area contributed by atoms with Gasteiger partial charge in [-0.05, 0) is 13.8 Å². The van der Waals surface area contributed by atoms with Crippen molar-refractivity contribution in [3.8, 4) is 11.3 Å². The van der Waals surface area contributed by atoms with Gasteiger partial charge < -0.3 is 10.1 Å². The van der Waals surface area contributed by atoms with Crippen molar-refractivity contribution in [2.24, 2.45) is 0 Å². The first-order valence-corrected chi connectivity index (χ1v) is 6.45. The molecule has 4 heteroatoms. The second-order valence-electron chi connectivity index (χ2n) is 4.27. The smallest absolute Gasteiger partial charge is 0.159 e. The molecule has 1 aromatic heterocycles. The third-order valence-corrected chi connectivity index (χ3v) is 2.89. The van der Waals surface area contributed by atoms with E-state index in [2.05, 4.69) is 15.3 Å². The number of anilines is 1. The molecule has 0 bridgehead atoms. The van der Waals surface area contributed by atoms with Gasteiger partial charge in [0.15, 0.2) is 5.82 Å². The van der Waals surface area contributed by atoms with Gasteiger partial charge in [0.05, 0.1) is 5.69 Å². The summed E-state index contributed by atoms with van der Waals surface area (Å²) in [5, 5.41) is 3.23. The zero-order valence-electron chi connectivity index (χ0n) is 11.6. The Balaban J connectivity index is 2.45. The minimum Gasteiger partial charge on any atom is -0.374 e. The van der Waals surface area contributed by atoms with E-state index in [1.807, 2.05) is 50.2 Å². The van der Waals surface area contributed by atoms with Gasteiger partial charge in [-0.15, -0.1) is 0 Å². The molecule has 0 amide bonds. The van der Waals surface area contributed by atoms with E-state index < -0.39 is 0 Å². The third kappa shape index (κ3) is 3.29. The largest absolute Gasteiger partial charge is 0.374 e. The number of hydrogen-bond acceptors (Lipinski definition) is 4. The molecule has 1 heterocycles. The topological polar surface area (TPSA) is 47.0 Å². The molecule has 100 valence electrons. The maximum absolute atomic E-state index is 5.31. The van der Waals surface area contributed by atoms with Crippen molar-refractivity contribution in [3.05, 3.63) is 42.2 Å². The van der Waals surface area contributed by atoms with Crippen LogP contribution in [0.1, 0.15) is 25.8 Å². The standard InChI is InChI=1S/C15H19N3O/c1-4-16-14-10-13(12-8-6-5-7-9-12)17-15(18-14)11(2)19-3/h5-11H,4H2,1-3H3,(H,16,17,18). The zero-order chi connectivity index (χ0) is 13.7. The van der Waals surface area contributed by atoms with Crippen molar-refractivity contribution in [2.75, 3.05) is 19.0 Å². The molecule has 1 aromatic carbocycles. The van der Waals surface area contributed by atoms with Gasteiger partial charge in [0, 0.05) is 25.3 Å². The number of rotatable bonds is 5. The highest BCUT2D eigenvalue weighted by Gasteiger charge is 2.11. The fourth-order valence-electron chi connectivity index (χ4n) is 1.78. The van der Waals surface area contributed by atoms with E-state index in [4.69, 9.17) is 4.74 Å². The Morgan fingerprint density at radius 1 is 1.21 bits per heavy atom. The van der Waals surface area contributed by atoms with Crippen LogP contribution in [0.3, 0.4) is 0 Å². The predicted molar refractivity (Wildman–Crippen MR) is 77.1 cm³/mol. The van der Waals surface area contributed by atoms with Gasteiger partial charge in [-0.25, -0.2) is 9.97 Å². The van der Waals surface area contributed by atoms with Gasteiger partial charge in [0.2, 0.25) is 0 Å². The van der Waals surface area contributed by atoms with E-state index in [1.165, 1.54) is 0 Å². The second-order valence-corrected chi connectivity index (χ2v) is 4.27. The minimum atomic E-state index is -0.124. The lowest BCUT2D eigenvalue weighted by molar-refractivity contribution is 0.112. The van der Waals surface area contributed by atoms with Gasteiger partial charge in [-0.1, -0.05) is 30.3 Å². The molecule has 0 aliphatic rings. The summed E-state index contributed by atoms with van der Waals surface area (Å²) in [7, 11) is 1.66. The summed E-state index contributed by atoms with van der Waals surface area (Å²) in [6.07, 6.45) is -0.124. The SMILES string of the molecule is CCNc1cc(-c2ccccc2)nc(C(C)OC)n1. The molecule has 4 nitrogen and oxygen atoms in total. The van der Waals surface area contributed by atoms with Crippen molar-refractivity contribution in [1.29, 1.82) is 0 Å². The lowest BCUT2D eigenvalue weighted by Crippen LogP contribution is -2.08. The molecule has 0 fully saturated rings. The molecule has 0 spiro atoms. The number of benzene rings is 1. The molecule has 19 heavy (non-hydrogen) atoms. The number of nitrogens with one attached hydrogen (secondary N) is 1. The Labute approximate surface area is 113 Å². The first-order valence-electron chi connectivity index (χ1n) is 6.45.